The van der Waals surface area contributed by atoms with Crippen LogP contribution in [0.1, 0.15) is 16.1 Å². The number of nitrogens with zero attached hydrogens (tertiary/aromatic N) is 1. The van der Waals surface area contributed by atoms with Crippen molar-refractivity contribution >= 4 is 28.0 Å². The van der Waals surface area contributed by atoms with Crippen LogP contribution in [0.3, 0.4) is 0 Å². The van der Waals surface area contributed by atoms with Gasteiger partial charge in [-0.3, -0.25) is 14.6 Å². The summed E-state index contributed by atoms with van der Waals surface area (Å²) in [5.74, 6) is -0.403. The summed E-state index contributed by atoms with van der Waals surface area (Å²) in [7, 11) is 0. The first-order valence-corrected chi connectivity index (χ1v) is 4.94. The van der Waals surface area contributed by atoms with Crippen molar-refractivity contribution in [2.45, 2.75) is 6.92 Å². The van der Waals surface area contributed by atoms with Crippen LogP contribution in [0.15, 0.2) is 28.5 Å². The van der Waals surface area contributed by atoms with Crippen LogP contribution in [0.25, 0.3) is 0 Å². The molecule has 0 atom stereocenters. The largest absolute Gasteiger partial charge is 0.395 e. The molecule has 5 heteroatoms. The van der Waals surface area contributed by atoms with Crippen molar-refractivity contribution in [1.82, 2.24) is 4.98 Å². The smallest absolute Gasteiger partial charge is 0.211 e. The molecular formula is C10H9BrN2O2. The predicted octanol–water partition coefficient (Wildman–Crippen LogP) is 1.34. The van der Waals surface area contributed by atoms with Gasteiger partial charge in [0.1, 0.15) is 0 Å². The van der Waals surface area contributed by atoms with E-state index in [-0.39, 0.29) is 10.2 Å². The van der Waals surface area contributed by atoms with E-state index < -0.39 is 5.78 Å². The van der Waals surface area contributed by atoms with Gasteiger partial charge in [0, 0.05) is 17.5 Å². The molecule has 1 heterocycles. The summed E-state index contributed by atoms with van der Waals surface area (Å²) in [6, 6.07) is 3.25. The van der Waals surface area contributed by atoms with Gasteiger partial charge in [-0.15, -0.1) is 0 Å². The van der Waals surface area contributed by atoms with Crippen LogP contribution in [0, 0.1) is 6.92 Å². The van der Waals surface area contributed by atoms with Crippen LogP contribution in [0.2, 0.25) is 0 Å². The molecule has 0 saturated heterocycles. The van der Waals surface area contributed by atoms with Crippen molar-refractivity contribution in [3.8, 4) is 0 Å². The van der Waals surface area contributed by atoms with Crippen LogP contribution in [-0.2, 0) is 4.79 Å². The minimum Gasteiger partial charge on any atom is -0.395 e. The van der Waals surface area contributed by atoms with Gasteiger partial charge in [-0.05, 0) is 35.0 Å². The second kappa shape index (κ2) is 4.84. The van der Waals surface area contributed by atoms with Crippen LogP contribution in [-0.4, -0.2) is 17.1 Å². The highest BCUT2D eigenvalue weighted by Crippen LogP contribution is 2.13. The van der Waals surface area contributed by atoms with E-state index in [0.29, 0.717) is 17.5 Å². The Hall–Kier alpha value is -1.49. The molecule has 0 bridgehead atoms. The summed E-state index contributed by atoms with van der Waals surface area (Å²) in [6.07, 6.45) is 2.07. The van der Waals surface area contributed by atoms with E-state index in [1.807, 2.05) is 0 Å². The number of Topliss-reactive ketones (excluding diaryl/α,β-unsaturated/α-hetero) is 1. The summed E-state index contributed by atoms with van der Waals surface area (Å²) in [5, 5.41) is 0. The van der Waals surface area contributed by atoms with Gasteiger partial charge in [-0.2, -0.15) is 0 Å². The van der Waals surface area contributed by atoms with Gasteiger partial charge in [0.2, 0.25) is 5.78 Å². The van der Waals surface area contributed by atoms with E-state index in [4.69, 9.17) is 5.73 Å². The molecule has 0 aromatic carbocycles. The highest BCUT2D eigenvalue weighted by Gasteiger charge is 2.14. The first-order chi connectivity index (χ1) is 7.07. The fraction of sp³-hybridized carbons (Fsp3) is 0.100. The lowest BCUT2D eigenvalue weighted by atomic mass is 10.1. The molecule has 0 spiro atoms. The average Bonchev–Trinajstić information content (AvgIpc) is 2.26. The maximum absolute atomic E-state index is 11.8. The maximum Gasteiger partial charge on any atom is 0.211 e. The van der Waals surface area contributed by atoms with Gasteiger partial charge in [-0.1, -0.05) is 0 Å². The van der Waals surface area contributed by atoms with Crippen molar-refractivity contribution in [3.05, 3.63) is 39.8 Å². The Balaban J connectivity index is 3.17. The number of carbonyl (C=O) groups excluding carboxylic acids is 2. The van der Waals surface area contributed by atoms with Gasteiger partial charge in [-0.25, -0.2) is 0 Å². The Bertz CT molecular complexity index is 441. The normalized spacial score (nSPS) is 11.9. The number of allylic oxidation sites excluding steroid dienone is 2. The monoisotopic (exact) mass is 268 g/mol. The summed E-state index contributed by atoms with van der Waals surface area (Å²) in [5.41, 5.74) is 6.36. The molecule has 0 aliphatic heterocycles. The molecule has 78 valence electrons. The summed E-state index contributed by atoms with van der Waals surface area (Å²) < 4.78 is 0.0516. The number of rotatable bonds is 3. The van der Waals surface area contributed by atoms with E-state index in [2.05, 4.69) is 20.9 Å². The number of hydrogen-bond donors (Lipinski definition) is 1. The third-order valence-corrected chi connectivity index (χ3v) is 2.47. The molecule has 0 aliphatic rings. The third kappa shape index (κ3) is 2.50. The van der Waals surface area contributed by atoms with Gasteiger partial charge in [0.15, 0.2) is 6.29 Å². The number of halogens is 1. The number of aromatic nitrogens is 1. The molecule has 1 aromatic rings. The molecule has 2 N–H and O–H groups in total. The second-order valence-corrected chi connectivity index (χ2v) is 3.70. The highest BCUT2D eigenvalue weighted by molar-refractivity contribution is 9.12. The summed E-state index contributed by atoms with van der Waals surface area (Å²) >= 11 is 2.91. The number of pyridine rings is 1. The Morgan fingerprint density at radius 3 is 2.80 bits per heavy atom. The third-order valence-electron chi connectivity index (χ3n) is 1.86. The zero-order chi connectivity index (χ0) is 11.4. The number of nitrogens with two attached hydrogens (primary N) is 1. The lowest BCUT2D eigenvalue weighted by Crippen LogP contribution is -2.15. The molecular weight excluding hydrogens is 260 g/mol. The zero-order valence-corrected chi connectivity index (χ0v) is 9.61. The van der Waals surface area contributed by atoms with Crippen molar-refractivity contribution in [1.29, 1.82) is 0 Å². The van der Waals surface area contributed by atoms with Crippen molar-refractivity contribution in [3.63, 3.8) is 0 Å². The first kappa shape index (κ1) is 11.6. The van der Waals surface area contributed by atoms with E-state index in [0.717, 1.165) is 0 Å². The van der Waals surface area contributed by atoms with Gasteiger partial charge >= 0.3 is 0 Å². The Morgan fingerprint density at radius 1 is 1.60 bits per heavy atom. The maximum atomic E-state index is 11.8. The van der Waals surface area contributed by atoms with Crippen LogP contribution < -0.4 is 5.73 Å². The van der Waals surface area contributed by atoms with Gasteiger partial charge < -0.3 is 5.73 Å². The lowest BCUT2D eigenvalue weighted by molar-refractivity contribution is -0.104. The minimum atomic E-state index is -0.403. The van der Waals surface area contributed by atoms with Crippen molar-refractivity contribution < 1.29 is 9.59 Å². The molecule has 0 amide bonds. The van der Waals surface area contributed by atoms with E-state index >= 15 is 0 Å². The summed E-state index contributed by atoms with van der Waals surface area (Å²) in [6.45, 7) is 1.70. The molecule has 0 saturated carbocycles. The van der Waals surface area contributed by atoms with Gasteiger partial charge in [0.25, 0.3) is 0 Å². The fourth-order valence-electron chi connectivity index (χ4n) is 1.04. The minimum absolute atomic E-state index is 0.0516. The Kier molecular flexibility index (Phi) is 3.74. The quantitative estimate of drug-likeness (QED) is 0.510. The van der Waals surface area contributed by atoms with Crippen LogP contribution >= 0.6 is 15.9 Å². The lowest BCUT2D eigenvalue weighted by Gasteiger charge is -2.03. The molecule has 1 rings (SSSR count). The van der Waals surface area contributed by atoms with Crippen molar-refractivity contribution in [2.24, 2.45) is 5.73 Å². The van der Waals surface area contributed by atoms with Crippen LogP contribution in [0.4, 0.5) is 0 Å². The number of aldehydes is 1. The van der Waals surface area contributed by atoms with Crippen molar-refractivity contribution in [2.75, 3.05) is 0 Å². The fourth-order valence-corrected chi connectivity index (χ4v) is 1.22. The molecule has 0 fully saturated rings. The number of aryl methyl sites for hydroxylation is 1. The SMILES string of the molecule is Cc1ncccc1C(=O)/C(N)=C(/Br)C=O. The van der Waals surface area contributed by atoms with E-state index in [1.54, 1.807) is 25.3 Å². The van der Waals surface area contributed by atoms with E-state index in [1.165, 1.54) is 0 Å². The predicted molar refractivity (Wildman–Crippen MR) is 59.5 cm³/mol. The molecule has 0 unspecified atom stereocenters. The topological polar surface area (TPSA) is 73.1 Å². The Morgan fingerprint density at radius 2 is 2.27 bits per heavy atom. The molecule has 1 aromatic heterocycles. The molecule has 15 heavy (non-hydrogen) atoms. The highest BCUT2D eigenvalue weighted by atomic mass is 79.9. The van der Waals surface area contributed by atoms with Gasteiger partial charge in [0.05, 0.1) is 10.2 Å². The number of ketones is 1. The average molecular weight is 269 g/mol. The van der Waals surface area contributed by atoms with E-state index in [9.17, 15) is 9.59 Å². The molecule has 0 aliphatic carbocycles. The molecule has 4 nitrogen and oxygen atoms in total. The second-order valence-electron chi connectivity index (χ2n) is 2.84. The first-order valence-electron chi connectivity index (χ1n) is 4.14. The number of carbonyl (C=O) groups is 2. The molecule has 0 radical (unpaired) electrons. The standard InChI is InChI=1S/C10H9BrN2O2/c1-6-7(3-2-4-13-6)10(15)9(12)8(11)5-14/h2-5H,12H2,1H3/b9-8-. The Labute approximate surface area is 95.3 Å². The zero-order valence-electron chi connectivity index (χ0n) is 8.03. The number of hydrogen-bond acceptors (Lipinski definition) is 4. The summed E-state index contributed by atoms with van der Waals surface area (Å²) in [4.78, 5) is 26.1. The van der Waals surface area contributed by atoms with Crippen LogP contribution in [0.5, 0.6) is 0 Å².